The first kappa shape index (κ1) is 17.3. The van der Waals surface area contributed by atoms with Gasteiger partial charge in [-0.15, -0.1) is 0 Å². The first-order valence-corrected chi connectivity index (χ1v) is 9.46. The topological polar surface area (TPSA) is 55.8 Å². The van der Waals surface area contributed by atoms with Crippen LogP contribution in [-0.2, 0) is 19.1 Å². The Labute approximate surface area is 154 Å². The van der Waals surface area contributed by atoms with Gasteiger partial charge < -0.3 is 14.4 Å². The third kappa shape index (κ3) is 2.57. The summed E-state index contributed by atoms with van der Waals surface area (Å²) in [5, 5.41) is 0. The monoisotopic (exact) mass is 355 g/mol. The Morgan fingerprint density at radius 2 is 2.15 bits per heavy atom. The standard InChI is InChI=1S/C21H25NO4/c1-3-4-12-25-20(24)17-16-10-11-21(26-16)13-22(19(23)18(17)21)14(2)15-8-6-5-7-9-15/h5-11,14,16-18H,3-4,12-13H2,1-2H3/t14-,16+,17+,18+,21-/m0/s1. The number of hydrogen-bond acceptors (Lipinski definition) is 4. The Hall–Kier alpha value is -2.14. The summed E-state index contributed by atoms with van der Waals surface area (Å²) in [4.78, 5) is 27.7. The molecule has 0 aliphatic carbocycles. The Morgan fingerprint density at radius 3 is 2.88 bits per heavy atom. The number of carbonyl (C=O) groups excluding carboxylic acids is 2. The summed E-state index contributed by atoms with van der Waals surface area (Å²) in [6.45, 7) is 4.96. The van der Waals surface area contributed by atoms with E-state index < -0.39 is 17.4 Å². The van der Waals surface area contributed by atoms with Crippen LogP contribution in [0, 0.1) is 11.8 Å². The molecule has 1 spiro atoms. The van der Waals surface area contributed by atoms with Crippen molar-refractivity contribution in [3.05, 3.63) is 48.0 Å². The van der Waals surface area contributed by atoms with Crippen LogP contribution in [0.3, 0.4) is 0 Å². The van der Waals surface area contributed by atoms with E-state index in [1.165, 1.54) is 0 Å². The quantitative estimate of drug-likeness (QED) is 0.447. The van der Waals surface area contributed by atoms with Crippen molar-refractivity contribution < 1.29 is 19.1 Å². The van der Waals surface area contributed by atoms with E-state index in [0.29, 0.717) is 13.2 Å². The van der Waals surface area contributed by atoms with E-state index in [9.17, 15) is 9.59 Å². The lowest BCUT2D eigenvalue weighted by Crippen LogP contribution is -2.40. The molecule has 0 N–H and O–H groups in total. The second-order valence-electron chi connectivity index (χ2n) is 7.47. The van der Waals surface area contributed by atoms with E-state index >= 15 is 0 Å². The first-order chi connectivity index (χ1) is 12.6. The highest BCUT2D eigenvalue weighted by Crippen LogP contribution is 2.53. The van der Waals surface area contributed by atoms with Gasteiger partial charge in [-0.3, -0.25) is 9.59 Å². The van der Waals surface area contributed by atoms with E-state index in [0.717, 1.165) is 18.4 Å². The fourth-order valence-electron chi connectivity index (χ4n) is 4.45. The minimum Gasteiger partial charge on any atom is -0.465 e. The Morgan fingerprint density at radius 1 is 1.38 bits per heavy atom. The van der Waals surface area contributed by atoms with Gasteiger partial charge in [0.1, 0.15) is 11.5 Å². The first-order valence-electron chi connectivity index (χ1n) is 9.46. The van der Waals surface area contributed by atoms with Crippen LogP contribution in [0.1, 0.15) is 38.3 Å². The second kappa shape index (κ2) is 6.54. The number of hydrogen-bond donors (Lipinski definition) is 0. The molecule has 1 aromatic rings. The smallest absolute Gasteiger partial charge is 0.312 e. The molecule has 2 saturated heterocycles. The predicted molar refractivity (Wildman–Crippen MR) is 96.2 cm³/mol. The van der Waals surface area contributed by atoms with Gasteiger partial charge in [-0.25, -0.2) is 0 Å². The number of ether oxygens (including phenoxy) is 2. The molecule has 2 fully saturated rings. The summed E-state index contributed by atoms with van der Waals surface area (Å²) in [5.41, 5.74) is 0.400. The van der Waals surface area contributed by atoms with Crippen molar-refractivity contribution in [2.45, 2.75) is 44.4 Å². The van der Waals surface area contributed by atoms with Crippen molar-refractivity contribution in [3.8, 4) is 0 Å². The van der Waals surface area contributed by atoms with Crippen LogP contribution < -0.4 is 0 Å². The number of likely N-dealkylation sites (tertiary alicyclic amines) is 1. The van der Waals surface area contributed by atoms with E-state index in [-0.39, 0.29) is 24.0 Å². The summed E-state index contributed by atoms with van der Waals surface area (Å²) in [6, 6.07) is 9.90. The van der Waals surface area contributed by atoms with Crippen molar-refractivity contribution in [1.82, 2.24) is 4.90 Å². The highest BCUT2D eigenvalue weighted by molar-refractivity contribution is 5.91. The summed E-state index contributed by atoms with van der Waals surface area (Å²) < 4.78 is 11.6. The number of carbonyl (C=O) groups is 2. The lowest BCUT2D eigenvalue weighted by molar-refractivity contribution is -0.154. The molecule has 0 unspecified atom stereocenters. The van der Waals surface area contributed by atoms with E-state index in [4.69, 9.17) is 9.47 Å². The minimum atomic E-state index is -0.681. The van der Waals surface area contributed by atoms with Crippen LogP contribution in [0.15, 0.2) is 42.5 Å². The highest BCUT2D eigenvalue weighted by Gasteiger charge is 2.67. The Balaban J connectivity index is 1.56. The van der Waals surface area contributed by atoms with Crippen molar-refractivity contribution in [1.29, 1.82) is 0 Å². The summed E-state index contributed by atoms with van der Waals surface area (Å²) in [7, 11) is 0. The highest BCUT2D eigenvalue weighted by atomic mass is 16.6. The third-order valence-corrected chi connectivity index (χ3v) is 5.89. The van der Waals surface area contributed by atoms with E-state index in [2.05, 4.69) is 6.92 Å². The number of fused-ring (bicyclic) bond motifs is 1. The van der Waals surface area contributed by atoms with Crippen molar-refractivity contribution in [2.75, 3.05) is 13.2 Å². The number of nitrogens with zero attached hydrogens (tertiary/aromatic N) is 1. The largest absolute Gasteiger partial charge is 0.465 e. The van der Waals surface area contributed by atoms with Gasteiger partial charge in [-0.1, -0.05) is 55.8 Å². The van der Waals surface area contributed by atoms with Crippen molar-refractivity contribution in [3.63, 3.8) is 0 Å². The average Bonchev–Trinajstić information content (AvgIpc) is 3.30. The number of rotatable bonds is 6. The van der Waals surface area contributed by atoms with Crippen molar-refractivity contribution in [2.24, 2.45) is 11.8 Å². The fraction of sp³-hybridized carbons (Fsp3) is 0.524. The lowest BCUT2D eigenvalue weighted by Gasteiger charge is -2.27. The molecule has 3 aliphatic heterocycles. The number of amides is 1. The second-order valence-corrected chi connectivity index (χ2v) is 7.47. The predicted octanol–water partition coefficient (Wildman–Crippen LogP) is 2.87. The van der Waals surface area contributed by atoms with Gasteiger partial charge in [0.05, 0.1) is 31.2 Å². The van der Waals surface area contributed by atoms with Gasteiger partial charge in [-0.2, -0.15) is 0 Å². The summed E-state index contributed by atoms with van der Waals surface area (Å²) >= 11 is 0. The molecular weight excluding hydrogens is 330 g/mol. The van der Waals surface area contributed by atoms with Gasteiger partial charge in [-0.05, 0) is 18.9 Å². The Bertz CT molecular complexity index is 731. The van der Waals surface area contributed by atoms with Crippen LogP contribution in [-0.4, -0.2) is 41.6 Å². The van der Waals surface area contributed by atoms with Crippen LogP contribution in [0.5, 0.6) is 0 Å². The van der Waals surface area contributed by atoms with Gasteiger partial charge in [0.2, 0.25) is 5.91 Å². The molecule has 0 saturated carbocycles. The lowest BCUT2D eigenvalue weighted by atomic mass is 9.77. The van der Waals surface area contributed by atoms with Gasteiger partial charge in [0, 0.05) is 0 Å². The molecule has 3 heterocycles. The Kier molecular flexibility index (Phi) is 4.35. The van der Waals surface area contributed by atoms with Crippen molar-refractivity contribution >= 4 is 11.9 Å². The molecule has 4 rings (SSSR count). The maximum absolute atomic E-state index is 13.2. The molecule has 0 aromatic heterocycles. The van der Waals surface area contributed by atoms with Gasteiger partial charge >= 0.3 is 5.97 Å². The van der Waals surface area contributed by atoms with E-state index in [1.54, 1.807) is 0 Å². The molecular formula is C21H25NO4. The normalized spacial score (nSPS) is 32.8. The van der Waals surface area contributed by atoms with Crippen LogP contribution in [0.4, 0.5) is 0 Å². The number of unbranched alkanes of at least 4 members (excludes halogenated alkanes) is 1. The van der Waals surface area contributed by atoms with Crippen LogP contribution in [0.2, 0.25) is 0 Å². The zero-order valence-electron chi connectivity index (χ0n) is 15.3. The molecule has 26 heavy (non-hydrogen) atoms. The molecule has 0 radical (unpaired) electrons. The zero-order chi connectivity index (χ0) is 18.3. The molecule has 1 aromatic carbocycles. The third-order valence-electron chi connectivity index (χ3n) is 5.89. The number of esters is 1. The SMILES string of the molecule is CCCCOC(=O)[C@@H]1[C@H]2C=C[C@@]3(CN([C@@H](C)c4ccccc4)C(=O)[C@@H]13)O2. The summed E-state index contributed by atoms with van der Waals surface area (Å²) in [6.07, 6.45) is 5.36. The molecule has 5 heteroatoms. The molecule has 5 nitrogen and oxygen atoms in total. The minimum absolute atomic E-state index is 0.00866. The van der Waals surface area contributed by atoms with Gasteiger partial charge in [0.15, 0.2) is 0 Å². The maximum Gasteiger partial charge on any atom is 0.312 e. The molecule has 138 valence electrons. The zero-order valence-corrected chi connectivity index (χ0v) is 15.3. The molecule has 2 bridgehead atoms. The van der Waals surface area contributed by atoms with Gasteiger partial charge in [0.25, 0.3) is 0 Å². The van der Waals surface area contributed by atoms with Crippen LogP contribution >= 0.6 is 0 Å². The van der Waals surface area contributed by atoms with E-state index in [1.807, 2.05) is 54.3 Å². The molecule has 3 aliphatic rings. The number of benzene rings is 1. The maximum atomic E-state index is 13.2. The molecule has 1 amide bonds. The summed E-state index contributed by atoms with van der Waals surface area (Å²) in [5.74, 6) is -1.32. The fourth-order valence-corrected chi connectivity index (χ4v) is 4.45. The average molecular weight is 355 g/mol. The molecule has 5 atom stereocenters. The van der Waals surface area contributed by atoms with Crippen LogP contribution in [0.25, 0.3) is 0 Å².